The highest BCUT2D eigenvalue weighted by molar-refractivity contribution is 7.98. The summed E-state index contributed by atoms with van der Waals surface area (Å²) in [7, 11) is 3.33. The molecule has 0 aliphatic carbocycles. The number of amides is 2. The molecule has 1 aromatic heterocycles. The lowest BCUT2D eigenvalue weighted by Crippen LogP contribution is -2.22. The number of fused-ring (bicyclic) bond motifs is 1. The van der Waals surface area contributed by atoms with Crippen molar-refractivity contribution in [1.82, 2.24) is 9.88 Å². The third kappa shape index (κ3) is 6.07. The zero-order valence-corrected chi connectivity index (χ0v) is 20.0. The SMILES string of the molecule is CN(C)C(=O)c1ccc(NC(=O)COC(=O)c2ccccc2CSc2nc3ccccc3o2)cc1. The van der Waals surface area contributed by atoms with Crippen molar-refractivity contribution in [1.29, 1.82) is 0 Å². The molecule has 8 nitrogen and oxygen atoms in total. The van der Waals surface area contributed by atoms with Gasteiger partial charge in [0.25, 0.3) is 17.0 Å². The molecule has 0 unspecified atom stereocenters. The minimum Gasteiger partial charge on any atom is -0.452 e. The Bertz CT molecular complexity index is 1330. The Morgan fingerprint density at radius 1 is 0.971 bits per heavy atom. The molecule has 0 saturated carbocycles. The molecule has 1 N–H and O–H groups in total. The highest BCUT2D eigenvalue weighted by atomic mass is 32.2. The van der Waals surface area contributed by atoms with Gasteiger partial charge in [-0.05, 0) is 48.0 Å². The summed E-state index contributed by atoms with van der Waals surface area (Å²) >= 11 is 1.37. The molecule has 178 valence electrons. The van der Waals surface area contributed by atoms with Gasteiger partial charge in [-0.3, -0.25) is 9.59 Å². The summed E-state index contributed by atoms with van der Waals surface area (Å²) in [6.07, 6.45) is 0. The Morgan fingerprint density at radius 2 is 1.69 bits per heavy atom. The van der Waals surface area contributed by atoms with E-state index in [0.717, 1.165) is 11.1 Å². The molecule has 2 amide bonds. The second kappa shape index (κ2) is 10.9. The third-order valence-electron chi connectivity index (χ3n) is 5.02. The van der Waals surface area contributed by atoms with Crippen LogP contribution in [0.15, 0.2) is 82.4 Å². The number of anilines is 1. The van der Waals surface area contributed by atoms with Crippen LogP contribution in [0.3, 0.4) is 0 Å². The predicted octanol–water partition coefficient (Wildman–Crippen LogP) is 4.62. The number of benzene rings is 3. The van der Waals surface area contributed by atoms with Crippen molar-refractivity contribution in [2.45, 2.75) is 11.0 Å². The van der Waals surface area contributed by atoms with Gasteiger partial charge in [0.1, 0.15) is 5.52 Å². The highest BCUT2D eigenvalue weighted by Crippen LogP contribution is 2.27. The van der Waals surface area contributed by atoms with Crippen LogP contribution in [0.1, 0.15) is 26.3 Å². The van der Waals surface area contributed by atoms with Crippen LogP contribution >= 0.6 is 11.8 Å². The van der Waals surface area contributed by atoms with Gasteiger partial charge in [-0.1, -0.05) is 42.1 Å². The van der Waals surface area contributed by atoms with Gasteiger partial charge < -0.3 is 19.4 Å². The van der Waals surface area contributed by atoms with Crippen molar-refractivity contribution in [3.05, 3.63) is 89.5 Å². The van der Waals surface area contributed by atoms with Crippen molar-refractivity contribution in [3.8, 4) is 0 Å². The predicted molar refractivity (Wildman–Crippen MR) is 133 cm³/mol. The fourth-order valence-electron chi connectivity index (χ4n) is 3.26. The maximum Gasteiger partial charge on any atom is 0.338 e. The number of ether oxygens (including phenoxy) is 1. The van der Waals surface area contributed by atoms with Crippen molar-refractivity contribution < 1.29 is 23.5 Å². The summed E-state index contributed by atoms with van der Waals surface area (Å²) in [6.45, 7) is -0.441. The molecular weight excluding hydrogens is 466 g/mol. The molecule has 4 rings (SSSR count). The highest BCUT2D eigenvalue weighted by Gasteiger charge is 2.16. The van der Waals surface area contributed by atoms with Gasteiger partial charge in [-0.25, -0.2) is 9.78 Å². The molecule has 4 aromatic rings. The van der Waals surface area contributed by atoms with E-state index in [4.69, 9.17) is 9.15 Å². The first-order valence-corrected chi connectivity index (χ1v) is 11.7. The third-order valence-corrected chi connectivity index (χ3v) is 5.90. The summed E-state index contributed by atoms with van der Waals surface area (Å²) in [6, 6.07) is 21.0. The molecule has 0 saturated heterocycles. The van der Waals surface area contributed by atoms with Gasteiger partial charge in [0, 0.05) is 31.1 Å². The number of para-hydroxylation sites is 2. The summed E-state index contributed by atoms with van der Waals surface area (Å²) in [5.74, 6) is -0.767. The van der Waals surface area contributed by atoms with Crippen LogP contribution in [0, 0.1) is 0 Å². The number of rotatable bonds is 8. The van der Waals surface area contributed by atoms with Crippen molar-refractivity contribution in [2.24, 2.45) is 0 Å². The van der Waals surface area contributed by atoms with E-state index < -0.39 is 18.5 Å². The van der Waals surface area contributed by atoms with E-state index in [1.807, 2.05) is 36.4 Å². The number of thioether (sulfide) groups is 1. The maximum absolute atomic E-state index is 12.7. The van der Waals surface area contributed by atoms with E-state index in [1.54, 1.807) is 50.5 Å². The number of carbonyl (C=O) groups excluding carboxylic acids is 3. The van der Waals surface area contributed by atoms with Crippen LogP contribution in [-0.2, 0) is 15.3 Å². The van der Waals surface area contributed by atoms with Gasteiger partial charge in [0.05, 0.1) is 5.56 Å². The Morgan fingerprint density at radius 3 is 2.43 bits per heavy atom. The van der Waals surface area contributed by atoms with E-state index in [-0.39, 0.29) is 5.91 Å². The Hall–Kier alpha value is -4.11. The molecule has 0 aliphatic rings. The lowest BCUT2D eigenvalue weighted by molar-refractivity contribution is -0.119. The Kier molecular flexibility index (Phi) is 7.47. The first-order chi connectivity index (χ1) is 16.9. The summed E-state index contributed by atoms with van der Waals surface area (Å²) < 4.78 is 11.0. The average Bonchev–Trinajstić information content (AvgIpc) is 3.29. The molecule has 0 fully saturated rings. The molecule has 9 heteroatoms. The first-order valence-electron chi connectivity index (χ1n) is 10.8. The fraction of sp³-hybridized carbons (Fsp3) is 0.154. The number of nitrogens with zero attached hydrogens (tertiary/aromatic N) is 2. The van der Waals surface area contributed by atoms with Gasteiger partial charge in [0.2, 0.25) is 0 Å². The second-order valence-corrected chi connectivity index (χ2v) is 8.72. The maximum atomic E-state index is 12.7. The molecule has 0 aliphatic heterocycles. The number of hydrogen-bond acceptors (Lipinski definition) is 7. The molecule has 0 bridgehead atoms. The van der Waals surface area contributed by atoms with Crippen LogP contribution in [0.2, 0.25) is 0 Å². The quantitative estimate of drug-likeness (QED) is 0.285. The van der Waals surface area contributed by atoms with Crippen LogP contribution in [0.25, 0.3) is 11.1 Å². The summed E-state index contributed by atoms with van der Waals surface area (Å²) in [4.78, 5) is 42.8. The fourth-order valence-corrected chi connectivity index (χ4v) is 4.10. The number of carbonyl (C=O) groups is 3. The van der Waals surface area contributed by atoms with Crippen LogP contribution in [-0.4, -0.2) is 48.4 Å². The van der Waals surface area contributed by atoms with Gasteiger partial charge >= 0.3 is 5.97 Å². The smallest absolute Gasteiger partial charge is 0.338 e. The molecule has 0 radical (unpaired) electrons. The zero-order chi connectivity index (χ0) is 24.8. The van der Waals surface area contributed by atoms with Gasteiger partial charge in [-0.2, -0.15) is 0 Å². The minimum atomic E-state index is -0.596. The van der Waals surface area contributed by atoms with Crippen molar-refractivity contribution in [2.75, 3.05) is 26.0 Å². The second-order valence-electron chi connectivity index (χ2n) is 7.79. The van der Waals surface area contributed by atoms with Crippen molar-refractivity contribution >= 4 is 46.3 Å². The standard InChI is InChI=1S/C26H23N3O5S/c1-29(2)24(31)17-11-13-19(14-12-17)27-23(30)15-33-25(32)20-8-4-3-7-18(20)16-35-26-28-21-9-5-6-10-22(21)34-26/h3-14H,15-16H2,1-2H3,(H,27,30). The molecule has 0 spiro atoms. The van der Waals surface area contributed by atoms with Crippen LogP contribution < -0.4 is 5.32 Å². The van der Waals surface area contributed by atoms with Crippen LogP contribution in [0.4, 0.5) is 5.69 Å². The average molecular weight is 490 g/mol. The lowest BCUT2D eigenvalue weighted by Gasteiger charge is -2.11. The van der Waals surface area contributed by atoms with Gasteiger partial charge in [-0.15, -0.1) is 0 Å². The number of nitrogens with one attached hydrogen (secondary N) is 1. The summed E-state index contributed by atoms with van der Waals surface area (Å²) in [5.41, 5.74) is 3.59. The molecule has 35 heavy (non-hydrogen) atoms. The normalized spacial score (nSPS) is 10.7. The monoisotopic (exact) mass is 489 g/mol. The number of hydrogen-bond donors (Lipinski definition) is 1. The molecular formula is C26H23N3O5S. The van der Waals surface area contributed by atoms with E-state index in [2.05, 4.69) is 10.3 Å². The first kappa shape index (κ1) is 24.0. The minimum absolute atomic E-state index is 0.135. The molecule has 0 atom stereocenters. The number of aromatic nitrogens is 1. The largest absolute Gasteiger partial charge is 0.452 e. The topological polar surface area (TPSA) is 102 Å². The number of oxazole rings is 1. The zero-order valence-electron chi connectivity index (χ0n) is 19.2. The molecule has 3 aromatic carbocycles. The van der Waals surface area contributed by atoms with Crippen LogP contribution in [0.5, 0.6) is 0 Å². The van der Waals surface area contributed by atoms with Gasteiger partial charge in [0.15, 0.2) is 12.2 Å². The van der Waals surface area contributed by atoms with E-state index in [1.165, 1.54) is 16.7 Å². The Labute approximate surface area is 206 Å². The lowest BCUT2D eigenvalue weighted by atomic mass is 10.1. The van der Waals surface area contributed by atoms with E-state index in [0.29, 0.717) is 33.4 Å². The van der Waals surface area contributed by atoms with Crippen molar-refractivity contribution in [3.63, 3.8) is 0 Å². The summed E-state index contributed by atoms with van der Waals surface area (Å²) in [5, 5.41) is 3.16. The molecule has 1 heterocycles. The van der Waals surface area contributed by atoms with E-state index in [9.17, 15) is 14.4 Å². The number of esters is 1. The van der Waals surface area contributed by atoms with E-state index >= 15 is 0 Å². The Balaban J connectivity index is 1.32.